The predicted octanol–water partition coefficient (Wildman–Crippen LogP) is 2.86. The van der Waals surface area contributed by atoms with E-state index >= 15 is 0 Å². The first-order valence-corrected chi connectivity index (χ1v) is 10.6. The summed E-state index contributed by atoms with van der Waals surface area (Å²) in [5, 5.41) is 10.6. The zero-order valence-electron chi connectivity index (χ0n) is 16.9. The van der Waals surface area contributed by atoms with Crippen molar-refractivity contribution in [1.29, 1.82) is 0 Å². The van der Waals surface area contributed by atoms with Gasteiger partial charge >= 0.3 is 0 Å². The van der Waals surface area contributed by atoms with Crippen molar-refractivity contribution in [1.82, 2.24) is 15.5 Å². The Morgan fingerprint density at radius 3 is 2.78 bits per heavy atom. The van der Waals surface area contributed by atoms with Crippen LogP contribution >= 0.6 is 35.3 Å². The number of nitrogens with one attached hydrogen (secondary N) is 2. The number of hydrogen-bond donors (Lipinski definition) is 2. The van der Waals surface area contributed by atoms with E-state index in [1.807, 2.05) is 11.3 Å². The second kappa shape index (κ2) is 14.4. The van der Waals surface area contributed by atoms with E-state index in [9.17, 15) is 0 Å². The summed E-state index contributed by atoms with van der Waals surface area (Å²) in [6.07, 6.45) is 3.37. The molecule has 0 amide bonds. The first kappa shape index (κ1) is 24.5. The van der Waals surface area contributed by atoms with Gasteiger partial charge in [-0.05, 0) is 57.3 Å². The van der Waals surface area contributed by atoms with Gasteiger partial charge in [0, 0.05) is 45.9 Å². The van der Waals surface area contributed by atoms with Crippen LogP contribution in [0.2, 0.25) is 0 Å². The highest BCUT2D eigenvalue weighted by Crippen LogP contribution is 2.24. The SMILES string of the molecule is CCNC(=NCCCN(C)CCOC)NC1CCN(c2cccs2)CC1.I. The fourth-order valence-electron chi connectivity index (χ4n) is 3.10. The van der Waals surface area contributed by atoms with Crippen molar-refractivity contribution in [2.45, 2.75) is 32.2 Å². The Hall–Kier alpha value is -0.580. The van der Waals surface area contributed by atoms with Gasteiger partial charge in [0.1, 0.15) is 0 Å². The Bertz CT molecular complexity index is 506. The number of rotatable bonds is 10. The van der Waals surface area contributed by atoms with Crippen molar-refractivity contribution in [3.8, 4) is 0 Å². The van der Waals surface area contributed by atoms with Crippen LogP contribution in [-0.4, -0.2) is 76.9 Å². The lowest BCUT2D eigenvalue weighted by Crippen LogP contribution is -2.48. The molecule has 27 heavy (non-hydrogen) atoms. The van der Waals surface area contributed by atoms with E-state index in [0.717, 1.165) is 71.1 Å². The molecule has 1 aliphatic rings. The third-order valence-electron chi connectivity index (χ3n) is 4.64. The summed E-state index contributed by atoms with van der Waals surface area (Å²) in [7, 11) is 3.88. The number of hydrogen-bond acceptors (Lipinski definition) is 5. The lowest BCUT2D eigenvalue weighted by molar-refractivity contribution is 0.161. The quantitative estimate of drug-likeness (QED) is 0.220. The van der Waals surface area contributed by atoms with Gasteiger partial charge in [-0.2, -0.15) is 0 Å². The van der Waals surface area contributed by atoms with Gasteiger partial charge in [0.05, 0.1) is 11.6 Å². The minimum absolute atomic E-state index is 0. The molecule has 2 N–H and O–H groups in total. The molecule has 1 fully saturated rings. The molecule has 2 heterocycles. The third kappa shape index (κ3) is 9.45. The monoisotopic (exact) mass is 509 g/mol. The van der Waals surface area contributed by atoms with Crippen LogP contribution in [0.5, 0.6) is 0 Å². The Kier molecular flexibility index (Phi) is 13.1. The van der Waals surface area contributed by atoms with Crippen LogP contribution in [0.1, 0.15) is 26.2 Å². The van der Waals surface area contributed by atoms with E-state index in [2.05, 4.69) is 51.9 Å². The number of guanidine groups is 1. The van der Waals surface area contributed by atoms with Crippen molar-refractivity contribution in [3.05, 3.63) is 17.5 Å². The maximum absolute atomic E-state index is 5.11. The van der Waals surface area contributed by atoms with E-state index in [-0.39, 0.29) is 24.0 Å². The molecule has 0 aromatic carbocycles. The summed E-state index contributed by atoms with van der Waals surface area (Å²) in [4.78, 5) is 9.53. The highest BCUT2D eigenvalue weighted by atomic mass is 127. The number of thiophene rings is 1. The number of ether oxygens (including phenoxy) is 1. The van der Waals surface area contributed by atoms with E-state index in [1.165, 1.54) is 5.00 Å². The summed E-state index contributed by atoms with van der Waals surface area (Å²) >= 11 is 1.83. The normalized spacial score (nSPS) is 15.7. The van der Waals surface area contributed by atoms with Crippen LogP contribution in [0.15, 0.2) is 22.5 Å². The Morgan fingerprint density at radius 2 is 2.15 bits per heavy atom. The summed E-state index contributed by atoms with van der Waals surface area (Å²) < 4.78 is 5.11. The van der Waals surface area contributed by atoms with Crippen molar-refractivity contribution >= 4 is 46.3 Å². The first-order valence-electron chi connectivity index (χ1n) is 9.73. The molecule has 0 aliphatic carbocycles. The van der Waals surface area contributed by atoms with Gasteiger partial charge in [-0.15, -0.1) is 35.3 Å². The zero-order valence-corrected chi connectivity index (χ0v) is 20.1. The number of piperidine rings is 1. The van der Waals surface area contributed by atoms with Crippen LogP contribution in [-0.2, 0) is 4.74 Å². The molecular weight excluding hydrogens is 473 g/mol. The van der Waals surface area contributed by atoms with Crippen LogP contribution in [0, 0.1) is 0 Å². The Balaban J connectivity index is 0.00000364. The van der Waals surface area contributed by atoms with Crippen molar-refractivity contribution in [3.63, 3.8) is 0 Å². The van der Waals surface area contributed by atoms with Crippen LogP contribution < -0.4 is 15.5 Å². The van der Waals surface area contributed by atoms with Crippen molar-refractivity contribution in [2.75, 3.05) is 64.9 Å². The van der Waals surface area contributed by atoms with Gasteiger partial charge in [-0.1, -0.05) is 0 Å². The molecule has 2 rings (SSSR count). The Labute approximate surface area is 185 Å². The topological polar surface area (TPSA) is 52.1 Å². The average Bonchev–Trinajstić information content (AvgIpc) is 3.19. The summed E-state index contributed by atoms with van der Waals surface area (Å²) in [6.45, 7) is 8.90. The van der Waals surface area contributed by atoms with Gasteiger partial charge in [0.2, 0.25) is 0 Å². The molecule has 0 bridgehead atoms. The Morgan fingerprint density at radius 1 is 1.37 bits per heavy atom. The smallest absolute Gasteiger partial charge is 0.191 e. The average molecular weight is 510 g/mol. The lowest BCUT2D eigenvalue weighted by Gasteiger charge is -2.33. The molecule has 0 unspecified atom stereocenters. The van der Waals surface area contributed by atoms with Crippen LogP contribution in [0.25, 0.3) is 0 Å². The predicted molar refractivity (Wildman–Crippen MR) is 128 cm³/mol. The van der Waals surface area contributed by atoms with E-state index in [4.69, 9.17) is 9.73 Å². The summed E-state index contributed by atoms with van der Waals surface area (Å²) in [6, 6.07) is 4.86. The minimum Gasteiger partial charge on any atom is -0.383 e. The first-order chi connectivity index (χ1) is 12.7. The largest absolute Gasteiger partial charge is 0.383 e. The van der Waals surface area contributed by atoms with Crippen molar-refractivity contribution in [2.24, 2.45) is 4.99 Å². The van der Waals surface area contributed by atoms with Gasteiger partial charge in [-0.25, -0.2) is 0 Å². The molecule has 6 nitrogen and oxygen atoms in total. The molecule has 1 saturated heterocycles. The molecule has 156 valence electrons. The highest BCUT2D eigenvalue weighted by molar-refractivity contribution is 14.0. The lowest BCUT2D eigenvalue weighted by atomic mass is 10.1. The molecule has 0 saturated carbocycles. The molecule has 1 aliphatic heterocycles. The van der Waals surface area contributed by atoms with Gasteiger partial charge in [0.25, 0.3) is 0 Å². The molecule has 0 radical (unpaired) electrons. The van der Waals surface area contributed by atoms with E-state index < -0.39 is 0 Å². The molecule has 0 atom stereocenters. The zero-order chi connectivity index (χ0) is 18.6. The van der Waals surface area contributed by atoms with Crippen LogP contribution in [0.3, 0.4) is 0 Å². The number of anilines is 1. The fraction of sp³-hybridized carbons (Fsp3) is 0.737. The maximum Gasteiger partial charge on any atom is 0.191 e. The molecule has 1 aromatic heterocycles. The van der Waals surface area contributed by atoms with Gasteiger partial charge in [-0.3, -0.25) is 4.99 Å². The van der Waals surface area contributed by atoms with Crippen LogP contribution in [0.4, 0.5) is 5.00 Å². The molecule has 8 heteroatoms. The molecule has 1 aromatic rings. The van der Waals surface area contributed by atoms with Gasteiger partial charge < -0.3 is 25.2 Å². The van der Waals surface area contributed by atoms with Gasteiger partial charge in [0.15, 0.2) is 5.96 Å². The summed E-state index contributed by atoms with van der Waals surface area (Å²) in [5.74, 6) is 0.960. The minimum atomic E-state index is 0. The second-order valence-electron chi connectivity index (χ2n) is 6.77. The highest BCUT2D eigenvalue weighted by Gasteiger charge is 2.20. The van der Waals surface area contributed by atoms with Crippen molar-refractivity contribution < 1.29 is 4.74 Å². The molecular formula is C19H36IN5OS. The van der Waals surface area contributed by atoms with E-state index in [0.29, 0.717) is 6.04 Å². The standard InChI is InChI=1S/C19H35N5OS.HI/c1-4-20-19(21-10-6-11-23(2)14-15-25-3)22-17-8-12-24(13-9-17)18-7-5-16-26-18;/h5,7,16-17H,4,6,8-15H2,1-3H3,(H2,20,21,22);1H. The fourth-order valence-corrected chi connectivity index (χ4v) is 3.88. The molecule has 0 spiro atoms. The summed E-state index contributed by atoms with van der Waals surface area (Å²) in [5.41, 5.74) is 0. The number of halogens is 1. The number of likely N-dealkylation sites (N-methyl/N-ethyl adjacent to an activating group) is 1. The second-order valence-corrected chi connectivity index (χ2v) is 7.69. The van der Waals surface area contributed by atoms with E-state index in [1.54, 1.807) is 7.11 Å². The number of methoxy groups -OCH3 is 1. The maximum atomic E-state index is 5.11. The number of aliphatic imine (C=N–C) groups is 1. The number of nitrogens with zero attached hydrogens (tertiary/aromatic N) is 3. The third-order valence-corrected chi connectivity index (χ3v) is 5.57.